The van der Waals surface area contributed by atoms with Gasteiger partial charge in [0, 0.05) is 5.56 Å². The molecule has 3 rings (SSSR count). The Hall–Kier alpha value is -1.97. The highest BCUT2D eigenvalue weighted by atomic mass is 19.1. The van der Waals surface area contributed by atoms with Crippen molar-refractivity contribution in [3.05, 3.63) is 41.7 Å². The number of nitrogens with zero attached hydrogens (tertiary/aromatic N) is 2. The van der Waals surface area contributed by atoms with Gasteiger partial charge < -0.3 is 4.74 Å². The third-order valence-electron chi connectivity index (χ3n) is 6.88. The van der Waals surface area contributed by atoms with Crippen LogP contribution in [0.25, 0.3) is 11.4 Å². The minimum absolute atomic E-state index is 0.0771. The normalized spacial score (nSPS) is 16.0. The summed E-state index contributed by atoms with van der Waals surface area (Å²) in [5.41, 5.74) is 4.00. The molecule has 0 bridgehead atoms. The van der Waals surface area contributed by atoms with E-state index in [-0.39, 0.29) is 6.61 Å². The first kappa shape index (κ1) is 25.6. The number of hydrogen-bond donors (Lipinski definition) is 0. The number of benzene rings is 1. The Morgan fingerprint density at radius 1 is 0.879 bits per heavy atom. The van der Waals surface area contributed by atoms with Crippen LogP contribution in [0.15, 0.2) is 30.6 Å². The van der Waals surface area contributed by atoms with Gasteiger partial charge in [0.05, 0.1) is 12.4 Å². The summed E-state index contributed by atoms with van der Waals surface area (Å²) in [5.74, 6) is 2.03. The molecule has 0 aliphatic heterocycles. The molecule has 3 nitrogen and oxygen atoms in total. The van der Waals surface area contributed by atoms with Gasteiger partial charge in [0.25, 0.3) is 0 Å². The second-order valence-corrected chi connectivity index (χ2v) is 9.81. The Morgan fingerprint density at radius 3 is 2.30 bits per heavy atom. The van der Waals surface area contributed by atoms with Gasteiger partial charge in [-0.15, -0.1) is 0 Å². The number of rotatable bonds is 16. The average molecular weight is 455 g/mol. The summed E-state index contributed by atoms with van der Waals surface area (Å²) in [6, 6.07) is 6.65. The van der Waals surface area contributed by atoms with Crippen molar-refractivity contribution in [3.63, 3.8) is 0 Å². The fraction of sp³-hybridized carbons (Fsp3) is 0.655. The largest absolute Gasteiger partial charge is 0.487 e. The molecular weight excluding hydrogens is 411 g/mol. The van der Waals surface area contributed by atoms with E-state index in [2.05, 4.69) is 42.0 Å². The van der Waals surface area contributed by atoms with E-state index in [0.717, 1.165) is 24.3 Å². The number of unbranched alkanes of at least 4 members (excludes halogenated alkanes) is 8. The SMILES string of the molecule is CCCCCCCCC1Cc2ccc(-c3ncc(OCC(F)CCCCCC)cn3)cc2C1. The van der Waals surface area contributed by atoms with Gasteiger partial charge in [-0.3, -0.25) is 0 Å². The minimum atomic E-state index is -0.928. The molecule has 0 fully saturated rings. The Balaban J connectivity index is 1.43. The minimum Gasteiger partial charge on any atom is -0.487 e. The molecule has 1 aliphatic rings. The number of fused-ring (bicyclic) bond motifs is 1. The lowest BCUT2D eigenvalue weighted by molar-refractivity contribution is 0.183. The topological polar surface area (TPSA) is 35.0 Å². The summed E-state index contributed by atoms with van der Waals surface area (Å²) in [6.07, 6.45) is 19.3. The van der Waals surface area contributed by atoms with Crippen molar-refractivity contribution in [3.8, 4) is 17.1 Å². The standard InChI is InChI=1S/C29H43FN2O/c1-3-5-7-9-10-11-13-23-17-24-15-16-25(19-26(24)18-23)29-31-20-28(21-32-29)33-22-27(30)14-12-8-6-4-2/h15-16,19-21,23,27H,3-14,17-18,22H2,1-2H3. The summed E-state index contributed by atoms with van der Waals surface area (Å²) >= 11 is 0. The van der Waals surface area contributed by atoms with Crippen LogP contribution >= 0.6 is 0 Å². The summed E-state index contributed by atoms with van der Waals surface area (Å²) in [6.45, 7) is 4.51. The molecule has 0 saturated carbocycles. The zero-order valence-electron chi connectivity index (χ0n) is 20.8. The highest BCUT2D eigenvalue weighted by molar-refractivity contribution is 5.58. The maximum atomic E-state index is 14.0. The van der Waals surface area contributed by atoms with E-state index in [4.69, 9.17) is 4.74 Å². The molecule has 1 heterocycles. The average Bonchev–Trinajstić information content (AvgIpc) is 3.25. The molecule has 0 radical (unpaired) electrons. The summed E-state index contributed by atoms with van der Waals surface area (Å²) in [5, 5.41) is 0. The molecule has 182 valence electrons. The smallest absolute Gasteiger partial charge is 0.159 e. The van der Waals surface area contributed by atoms with Gasteiger partial charge in [0.2, 0.25) is 0 Å². The second-order valence-electron chi connectivity index (χ2n) is 9.81. The number of hydrogen-bond acceptors (Lipinski definition) is 3. The Kier molecular flexibility index (Phi) is 11.1. The second kappa shape index (κ2) is 14.3. The van der Waals surface area contributed by atoms with Gasteiger partial charge in [0.1, 0.15) is 12.8 Å². The molecule has 1 aromatic heterocycles. The first-order valence-corrected chi connectivity index (χ1v) is 13.4. The zero-order chi connectivity index (χ0) is 23.3. The summed E-state index contributed by atoms with van der Waals surface area (Å²) < 4.78 is 19.6. The number of ether oxygens (including phenoxy) is 1. The third kappa shape index (κ3) is 8.72. The van der Waals surface area contributed by atoms with E-state index in [1.807, 2.05) is 0 Å². The maximum absolute atomic E-state index is 14.0. The van der Waals surface area contributed by atoms with Gasteiger partial charge in [0.15, 0.2) is 11.6 Å². The quantitative estimate of drug-likeness (QED) is 0.239. The molecular formula is C29H43FN2O. The van der Waals surface area contributed by atoms with Gasteiger partial charge >= 0.3 is 0 Å². The fourth-order valence-corrected chi connectivity index (χ4v) is 4.87. The summed E-state index contributed by atoms with van der Waals surface area (Å²) in [4.78, 5) is 8.97. The van der Waals surface area contributed by atoms with Gasteiger partial charge in [-0.2, -0.15) is 0 Å². The van der Waals surface area contributed by atoms with E-state index < -0.39 is 6.17 Å². The lowest BCUT2D eigenvalue weighted by atomic mass is 9.97. The predicted octanol–water partition coefficient (Wildman–Crippen LogP) is 8.30. The first-order valence-electron chi connectivity index (χ1n) is 13.4. The highest BCUT2D eigenvalue weighted by Gasteiger charge is 2.21. The van der Waals surface area contributed by atoms with Crippen molar-refractivity contribution in [2.75, 3.05) is 6.61 Å². The number of aromatic nitrogens is 2. The van der Waals surface area contributed by atoms with Crippen LogP contribution in [-0.2, 0) is 12.8 Å². The van der Waals surface area contributed by atoms with E-state index >= 15 is 0 Å². The van der Waals surface area contributed by atoms with Gasteiger partial charge in [-0.1, -0.05) is 90.2 Å². The van der Waals surface area contributed by atoms with Crippen LogP contribution in [-0.4, -0.2) is 22.7 Å². The van der Waals surface area contributed by atoms with E-state index in [1.54, 1.807) is 12.4 Å². The first-order chi connectivity index (χ1) is 16.2. The van der Waals surface area contributed by atoms with Crippen LogP contribution < -0.4 is 4.74 Å². The van der Waals surface area contributed by atoms with E-state index in [9.17, 15) is 4.39 Å². The summed E-state index contributed by atoms with van der Waals surface area (Å²) in [7, 11) is 0. The van der Waals surface area contributed by atoms with Crippen molar-refractivity contribution in [1.82, 2.24) is 9.97 Å². The van der Waals surface area contributed by atoms with E-state index in [0.29, 0.717) is 18.0 Å². The van der Waals surface area contributed by atoms with Gasteiger partial charge in [-0.05, 0) is 48.8 Å². The van der Waals surface area contributed by atoms with Crippen LogP contribution in [0.3, 0.4) is 0 Å². The molecule has 0 saturated heterocycles. The van der Waals surface area contributed by atoms with Crippen molar-refractivity contribution in [2.24, 2.45) is 5.92 Å². The Bertz CT molecular complexity index is 808. The molecule has 2 atom stereocenters. The molecule has 1 aliphatic carbocycles. The lowest BCUT2D eigenvalue weighted by Crippen LogP contribution is -2.13. The van der Waals surface area contributed by atoms with Crippen LogP contribution in [0, 0.1) is 5.92 Å². The van der Waals surface area contributed by atoms with Crippen LogP contribution in [0.1, 0.15) is 102 Å². The maximum Gasteiger partial charge on any atom is 0.159 e. The van der Waals surface area contributed by atoms with Crippen molar-refractivity contribution in [2.45, 2.75) is 110 Å². The molecule has 33 heavy (non-hydrogen) atoms. The van der Waals surface area contributed by atoms with Crippen molar-refractivity contribution in [1.29, 1.82) is 0 Å². The lowest BCUT2D eigenvalue weighted by Gasteiger charge is -2.10. The Labute approximate surface area is 200 Å². The van der Waals surface area contributed by atoms with Crippen molar-refractivity contribution < 1.29 is 9.13 Å². The van der Waals surface area contributed by atoms with Crippen LogP contribution in [0.4, 0.5) is 4.39 Å². The molecule has 4 heteroatoms. The number of alkyl halides is 1. The highest BCUT2D eigenvalue weighted by Crippen LogP contribution is 2.33. The molecule has 0 spiro atoms. The van der Waals surface area contributed by atoms with Crippen LogP contribution in [0.5, 0.6) is 5.75 Å². The molecule has 0 amide bonds. The fourth-order valence-electron chi connectivity index (χ4n) is 4.87. The zero-order valence-corrected chi connectivity index (χ0v) is 20.8. The van der Waals surface area contributed by atoms with Crippen molar-refractivity contribution >= 4 is 0 Å². The third-order valence-corrected chi connectivity index (χ3v) is 6.88. The molecule has 2 aromatic rings. The Morgan fingerprint density at radius 2 is 1.55 bits per heavy atom. The monoisotopic (exact) mass is 454 g/mol. The predicted molar refractivity (Wildman–Crippen MR) is 136 cm³/mol. The van der Waals surface area contributed by atoms with Crippen LogP contribution in [0.2, 0.25) is 0 Å². The molecule has 0 N–H and O–H groups in total. The molecule has 1 aromatic carbocycles. The molecule has 2 unspecified atom stereocenters. The van der Waals surface area contributed by atoms with Gasteiger partial charge in [-0.25, -0.2) is 14.4 Å². The number of halogens is 1. The van der Waals surface area contributed by atoms with E-state index in [1.165, 1.54) is 81.8 Å².